The van der Waals surface area contributed by atoms with Crippen molar-refractivity contribution in [1.82, 2.24) is 14.9 Å². The van der Waals surface area contributed by atoms with E-state index in [4.69, 9.17) is 21.1 Å². The van der Waals surface area contributed by atoms with E-state index >= 15 is 0 Å². The lowest BCUT2D eigenvalue weighted by Crippen LogP contribution is -2.34. The van der Waals surface area contributed by atoms with Crippen LogP contribution in [0.1, 0.15) is 47.0 Å². The average Bonchev–Trinajstić information content (AvgIpc) is 3.20. The van der Waals surface area contributed by atoms with E-state index in [1.807, 2.05) is 5.10 Å². The molecule has 0 saturated carbocycles. The van der Waals surface area contributed by atoms with E-state index in [0.29, 0.717) is 5.56 Å². The van der Waals surface area contributed by atoms with Crippen molar-refractivity contribution in [2.45, 2.75) is 43.5 Å². The van der Waals surface area contributed by atoms with Gasteiger partial charge in [0.2, 0.25) is 15.9 Å². The highest BCUT2D eigenvalue weighted by Crippen LogP contribution is 2.38. The zero-order valence-electron chi connectivity index (χ0n) is 18.2. The van der Waals surface area contributed by atoms with Crippen molar-refractivity contribution in [2.24, 2.45) is 0 Å². The number of benzene rings is 2. The highest BCUT2D eigenvalue weighted by atomic mass is 35.5. The molecule has 1 aromatic heterocycles. The molecule has 3 rings (SSSR count). The fourth-order valence-electron chi connectivity index (χ4n) is 3.61. The first-order valence-corrected chi connectivity index (χ1v) is 11.8. The Kier molecular flexibility index (Phi) is 7.27. The molecule has 0 amide bonds. The van der Waals surface area contributed by atoms with E-state index in [9.17, 15) is 26.4 Å². The van der Waals surface area contributed by atoms with Gasteiger partial charge in [-0.15, -0.1) is 5.10 Å². The number of hydrogen-bond donors (Lipinski definition) is 3. The quantitative estimate of drug-likeness (QED) is 0.417. The molecule has 8 nitrogen and oxygen atoms in total. The second-order valence-corrected chi connectivity index (χ2v) is 9.86. The van der Waals surface area contributed by atoms with Crippen LogP contribution >= 0.6 is 11.6 Å². The Morgan fingerprint density at radius 3 is 2.53 bits per heavy atom. The van der Waals surface area contributed by atoms with Gasteiger partial charge in [-0.05, 0) is 54.8 Å². The molecule has 0 aliphatic rings. The molecule has 0 bridgehead atoms. The summed E-state index contributed by atoms with van der Waals surface area (Å²) < 4.78 is 77.2. The zero-order valence-corrected chi connectivity index (χ0v) is 19.8. The molecule has 34 heavy (non-hydrogen) atoms. The van der Waals surface area contributed by atoms with Gasteiger partial charge < -0.3 is 9.52 Å². The monoisotopic (exact) mass is 519 g/mol. The molecule has 1 unspecified atom stereocenters. The summed E-state index contributed by atoms with van der Waals surface area (Å²) in [6, 6.07) is 3.95. The predicted octanol–water partition coefficient (Wildman–Crippen LogP) is 3.68. The number of nitrogens with zero attached hydrogens (tertiary/aromatic N) is 1. The highest BCUT2D eigenvalue weighted by molar-refractivity contribution is 7.89. The van der Waals surface area contributed by atoms with Crippen molar-refractivity contribution >= 4 is 21.6 Å². The van der Waals surface area contributed by atoms with Gasteiger partial charge >= 0.3 is 5.76 Å². The molecule has 0 saturated heterocycles. The maximum absolute atomic E-state index is 14.8. The first kappa shape index (κ1) is 25.9. The number of alkyl halides is 2. The van der Waals surface area contributed by atoms with E-state index in [2.05, 4.69) is 9.82 Å². The number of aliphatic hydroxyl groups excluding tert-OH is 1. The Morgan fingerprint density at radius 2 is 1.94 bits per heavy atom. The van der Waals surface area contributed by atoms with Gasteiger partial charge in [0.05, 0.1) is 4.90 Å². The van der Waals surface area contributed by atoms with Crippen LogP contribution in [-0.4, -0.2) is 30.3 Å². The zero-order chi connectivity index (χ0) is 25.4. The summed E-state index contributed by atoms with van der Waals surface area (Å²) >= 11 is 5.78. The van der Waals surface area contributed by atoms with E-state index < -0.39 is 62.4 Å². The molecule has 3 N–H and O–H groups in total. The molecule has 0 aliphatic carbocycles. The SMILES string of the molecule is Cc1ccc(F)c(C(C)[C@H](NS(=O)(=O)c2ccc(Cl)cc2C(F)(F)CO)c2n[nH]c(=O)o2)c1C. The summed E-state index contributed by atoms with van der Waals surface area (Å²) in [7, 11) is -4.77. The van der Waals surface area contributed by atoms with Crippen LogP contribution in [0.15, 0.2) is 44.4 Å². The van der Waals surface area contributed by atoms with Gasteiger partial charge in [-0.25, -0.2) is 22.7 Å². The maximum Gasteiger partial charge on any atom is 0.434 e. The van der Waals surface area contributed by atoms with Crippen molar-refractivity contribution in [3.8, 4) is 0 Å². The second-order valence-electron chi connectivity index (χ2n) is 7.75. The minimum absolute atomic E-state index is 0.121. The molecule has 1 heterocycles. The lowest BCUT2D eigenvalue weighted by Gasteiger charge is -2.26. The van der Waals surface area contributed by atoms with E-state index in [0.717, 1.165) is 23.8 Å². The highest BCUT2D eigenvalue weighted by Gasteiger charge is 2.39. The van der Waals surface area contributed by atoms with Crippen molar-refractivity contribution in [2.75, 3.05) is 6.61 Å². The van der Waals surface area contributed by atoms with Crippen LogP contribution in [0.3, 0.4) is 0 Å². The number of sulfonamides is 1. The second kappa shape index (κ2) is 9.53. The first-order chi connectivity index (χ1) is 15.8. The van der Waals surface area contributed by atoms with Crippen LogP contribution in [0.2, 0.25) is 5.02 Å². The number of aryl methyl sites for hydroxylation is 1. The molecule has 0 fully saturated rings. The third-order valence-electron chi connectivity index (χ3n) is 5.51. The Bertz CT molecular complexity index is 1370. The van der Waals surface area contributed by atoms with Crippen LogP contribution in [0.5, 0.6) is 0 Å². The number of nitrogens with one attached hydrogen (secondary N) is 2. The Hall–Kier alpha value is -2.67. The van der Waals surface area contributed by atoms with Crippen LogP contribution < -0.4 is 10.5 Å². The third kappa shape index (κ3) is 5.04. The standard InChI is InChI=1S/C21H21ClF3N3O5S/c1-10-4-6-15(23)17(11(10)2)12(3)18(19-26-27-20(30)33-19)28-34(31,32)16-7-5-13(22)8-14(16)21(24,25)9-29/h4-8,12,18,28-29H,9H2,1-3H3,(H,27,30)/t12?,18-/m0/s1. The summed E-state index contributed by atoms with van der Waals surface area (Å²) in [5.41, 5.74) is 0.322. The molecular formula is C21H21ClF3N3O5S. The third-order valence-corrected chi connectivity index (χ3v) is 7.25. The smallest absolute Gasteiger partial charge is 0.391 e. The Morgan fingerprint density at radius 1 is 1.26 bits per heavy atom. The first-order valence-electron chi connectivity index (χ1n) is 9.90. The molecule has 0 radical (unpaired) electrons. The molecule has 13 heteroatoms. The van der Waals surface area contributed by atoms with Crippen molar-refractivity contribution in [3.05, 3.63) is 79.9 Å². The summed E-state index contributed by atoms with van der Waals surface area (Å²) in [5.74, 6) is -6.99. The summed E-state index contributed by atoms with van der Waals surface area (Å²) in [5, 5.41) is 14.6. The van der Waals surface area contributed by atoms with E-state index in [-0.39, 0.29) is 10.6 Å². The number of H-pyrrole nitrogens is 1. The molecular weight excluding hydrogens is 499 g/mol. The van der Waals surface area contributed by atoms with Gasteiger partial charge in [0, 0.05) is 16.5 Å². The molecule has 2 atom stereocenters. The van der Waals surface area contributed by atoms with Crippen LogP contribution in [-0.2, 0) is 15.9 Å². The number of halogens is 4. The lowest BCUT2D eigenvalue weighted by molar-refractivity contribution is -0.0579. The topological polar surface area (TPSA) is 125 Å². The summed E-state index contributed by atoms with van der Waals surface area (Å²) in [6.45, 7) is 3.17. The fraction of sp³-hybridized carbons (Fsp3) is 0.333. The molecule has 184 valence electrons. The van der Waals surface area contributed by atoms with E-state index in [1.165, 1.54) is 13.0 Å². The molecule has 0 aliphatic heterocycles. The summed E-state index contributed by atoms with van der Waals surface area (Å²) in [4.78, 5) is 10.7. The minimum atomic E-state index is -4.77. The Labute approximate surface area is 197 Å². The van der Waals surface area contributed by atoms with Gasteiger partial charge in [0.25, 0.3) is 5.92 Å². The average molecular weight is 520 g/mol. The lowest BCUT2D eigenvalue weighted by atomic mass is 9.88. The largest absolute Gasteiger partial charge is 0.434 e. The van der Waals surface area contributed by atoms with Crippen LogP contribution in [0.25, 0.3) is 0 Å². The maximum atomic E-state index is 14.8. The number of aromatic nitrogens is 2. The van der Waals surface area contributed by atoms with Gasteiger partial charge in [0.15, 0.2) is 0 Å². The minimum Gasteiger partial charge on any atom is -0.391 e. The number of aromatic amines is 1. The summed E-state index contributed by atoms with van der Waals surface area (Å²) in [6.07, 6.45) is 0. The predicted molar refractivity (Wildman–Crippen MR) is 117 cm³/mol. The van der Waals surface area contributed by atoms with Crippen LogP contribution in [0, 0.1) is 19.7 Å². The Balaban J connectivity index is 2.16. The van der Waals surface area contributed by atoms with Crippen molar-refractivity contribution in [3.63, 3.8) is 0 Å². The van der Waals surface area contributed by atoms with Crippen LogP contribution in [0.4, 0.5) is 13.2 Å². The van der Waals surface area contributed by atoms with Crippen molar-refractivity contribution in [1.29, 1.82) is 0 Å². The fourth-order valence-corrected chi connectivity index (χ4v) is 5.29. The van der Waals surface area contributed by atoms with Gasteiger partial charge in [-0.3, -0.25) is 0 Å². The van der Waals surface area contributed by atoms with Crippen molar-refractivity contribution < 1.29 is 31.1 Å². The normalized spacial score (nSPS) is 14.2. The number of hydrogen-bond acceptors (Lipinski definition) is 6. The number of aliphatic hydroxyl groups is 1. The molecule has 3 aromatic rings. The molecule has 2 aromatic carbocycles. The van der Waals surface area contributed by atoms with Gasteiger partial charge in [-0.2, -0.15) is 13.5 Å². The number of rotatable bonds is 8. The van der Waals surface area contributed by atoms with Gasteiger partial charge in [0.1, 0.15) is 18.5 Å². The molecule has 0 spiro atoms. The van der Waals surface area contributed by atoms with E-state index in [1.54, 1.807) is 19.9 Å². The van der Waals surface area contributed by atoms with Gasteiger partial charge in [-0.1, -0.05) is 24.6 Å².